The van der Waals surface area contributed by atoms with Crippen molar-refractivity contribution in [1.82, 2.24) is 20.1 Å². The number of aromatic nitrogens is 1. The Labute approximate surface area is 128 Å². The van der Waals surface area contributed by atoms with Gasteiger partial charge in [-0.05, 0) is 51.5 Å². The smallest absolute Gasteiger partial charge is 0.0547 e. The summed E-state index contributed by atoms with van der Waals surface area (Å²) >= 11 is 0. The molecule has 2 saturated heterocycles. The fourth-order valence-corrected chi connectivity index (χ4v) is 3.66. The number of pyridine rings is 1. The summed E-state index contributed by atoms with van der Waals surface area (Å²) in [7, 11) is 1.97. The van der Waals surface area contributed by atoms with Crippen molar-refractivity contribution in [2.24, 2.45) is 0 Å². The van der Waals surface area contributed by atoms with E-state index in [4.69, 9.17) is 4.98 Å². The van der Waals surface area contributed by atoms with Gasteiger partial charge in [0.15, 0.2) is 0 Å². The standard InChI is InChI=1S/C17H28N4/c1-18-12-15-6-5-7-16(19-15)13-20-11-8-17(14-20)21-9-3-2-4-10-21/h5-7,17-18H,2-4,8-14H2,1H3. The number of likely N-dealkylation sites (tertiary alicyclic amines) is 2. The molecular weight excluding hydrogens is 260 g/mol. The third-order valence-electron chi connectivity index (χ3n) is 4.76. The zero-order valence-electron chi connectivity index (χ0n) is 13.2. The zero-order valence-corrected chi connectivity index (χ0v) is 13.2. The Hall–Kier alpha value is -0.970. The molecule has 2 aliphatic heterocycles. The number of nitrogens with one attached hydrogen (secondary N) is 1. The maximum atomic E-state index is 4.75. The molecule has 0 bridgehead atoms. The van der Waals surface area contributed by atoms with Crippen molar-refractivity contribution in [2.45, 2.75) is 44.8 Å². The topological polar surface area (TPSA) is 31.4 Å². The highest BCUT2D eigenvalue weighted by Crippen LogP contribution is 2.21. The van der Waals surface area contributed by atoms with Crippen molar-refractivity contribution in [3.8, 4) is 0 Å². The lowest BCUT2D eigenvalue weighted by Gasteiger charge is -2.32. The summed E-state index contributed by atoms with van der Waals surface area (Å²) in [4.78, 5) is 10.0. The number of piperidine rings is 1. The molecule has 0 aliphatic carbocycles. The summed E-state index contributed by atoms with van der Waals surface area (Å²) in [5.74, 6) is 0. The van der Waals surface area contributed by atoms with Crippen LogP contribution in [0.4, 0.5) is 0 Å². The molecule has 1 unspecified atom stereocenters. The Morgan fingerprint density at radius 1 is 1.14 bits per heavy atom. The van der Waals surface area contributed by atoms with Crippen molar-refractivity contribution < 1.29 is 0 Å². The molecule has 1 aromatic rings. The normalized spacial score (nSPS) is 24.5. The van der Waals surface area contributed by atoms with Gasteiger partial charge < -0.3 is 5.32 Å². The van der Waals surface area contributed by atoms with Gasteiger partial charge in [0.05, 0.1) is 11.4 Å². The lowest BCUT2D eigenvalue weighted by atomic mass is 10.1. The van der Waals surface area contributed by atoms with E-state index in [0.717, 1.165) is 24.8 Å². The number of hydrogen-bond donors (Lipinski definition) is 1. The molecule has 21 heavy (non-hydrogen) atoms. The first-order valence-electron chi connectivity index (χ1n) is 8.41. The highest BCUT2D eigenvalue weighted by Gasteiger charge is 2.28. The predicted molar refractivity (Wildman–Crippen MR) is 86.1 cm³/mol. The van der Waals surface area contributed by atoms with Gasteiger partial charge in [0.25, 0.3) is 0 Å². The van der Waals surface area contributed by atoms with Crippen LogP contribution in [-0.4, -0.2) is 54.1 Å². The molecule has 3 heterocycles. The third-order valence-corrected chi connectivity index (χ3v) is 4.76. The molecule has 1 N–H and O–H groups in total. The molecule has 1 atom stereocenters. The van der Waals surface area contributed by atoms with E-state index in [1.165, 1.54) is 57.6 Å². The van der Waals surface area contributed by atoms with Crippen molar-refractivity contribution in [3.63, 3.8) is 0 Å². The van der Waals surface area contributed by atoms with Gasteiger partial charge in [-0.3, -0.25) is 14.8 Å². The van der Waals surface area contributed by atoms with Crippen molar-refractivity contribution >= 4 is 0 Å². The fourth-order valence-electron chi connectivity index (χ4n) is 3.66. The van der Waals surface area contributed by atoms with Crippen LogP contribution in [0.1, 0.15) is 37.1 Å². The molecule has 3 rings (SSSR count). The minimum Gasteiger partial charge on any atom is -0.314 e. The second-order valence-electron chi connectivity index (χ2n) is 6.42. The fraction of sp³-hybridized carbons (Fsp3) is 0.706. The van der Waals surface area contributed by atoms with Crippen LogP contribution in [0.2, 0.25) is 0 Å². The molecule has 4 heteroatoms. The molecule has 0 radical (unpaired) electrons. The molecule has 0 amide bonds. The second kappa shape index (κ2) is 7.34. The van der Waals surface area contributed by atoms with Crippen LogP contribution >= 0.6 is 0 Å². The van der Waals surface area contributed by atoms with Gasteiger partial charge in [-0.25, -0.2) is 0 Å². The third kappa shape index (κ3) is 4.02. The van der Waals surface area contributed by atoms with Gasteiger partial charge in [0, 0.05) is 32.2 Å². The number of nitrogens with zero attached hydrogens (tertiary/aromatic N) is 3. The van der Waals surface area contributed by atoms with Crippen molar-refractivity contribution in [3.05, 3.63) is 29.6 Å². The second-order valence-corrected chi connectivity index (χ2v) is 6.42. The number of rotatable bonds is 5. The van der Waals surface area contributed by atoms with E-state index in [2.05, 4.69) is 33.3 Å². The maximum absolute atomic E-state index is 4.75. The van der Waals surface area contributed by atoms with Crippen molar-refractivity contribution in [2.75, 3.05) is 33.2 Å². The van der Waals surface area contributed by atoms with Gasteiger partial charge in [-0.2, -0.15) is 0 Å². The Kier molecular flexibility index (Phi) is 5.22. The van der Waals surface area contributed by atoms with Crippen LogP contribution in [0.5, 0.6) is 0 Å². The number of hydrogen-bond acceptors (Lipinski definition) is 4. The van der Waals surface area contributed by atoms with Crippen LogP contribution < -0.4 is 5.32 Å². The minimum absolute atomic E-state index is 0.783. The van der Waals surface area contributed by atoms with E-state index in [-0.39, 0.29) is 0 Å². The summed E-state index contributed by atoms with van der Waals surface area (Å²) in [6.07, 6.45) is 5.54. The van der Waals surface area contributed by atoms with E-state index in [9.17, 15) is 0 Å². The largest absolute Gasteiger partial charge is 0.314 e. The molecule has 0 saturated carbocycles. The van der Waals surface area contributed by atoms with E-state index >= 15 is 0 Å². The van der Waals surface area contributed by atoms with Crippen LogP contribution in [0.25, 0.3) is 0 Å². The van der Waals surface area contributed by atoms with Crippen molar-refractivity contribution in [1.29, 1.82) is 0 Å². The molecule has 4 nitrogen and oxygen atoms in total. The highest BCUT2D eigenvalue weighted by atomic mass is 15.3. The quantitative estimate of drug-likeness (QED) is 0.896. The van der Waals surface area contributed by atoms with E-state index in [1.807, 2.05) is 7.05 Å². The van der Waals surface area contributed by atoms with Crippen LogP contribution in [0.15, 0.2) is 18.2 Å². The van der Waals surface area contributed by atoms with Crippen LogP contribution in [0, 0.1) is 0 Å². The molecule has 0 aromatic carbocycles. The lowest BCUT2D eigenvalue weighted by Crippen LogP contribution is -2.40. The highest BCUT2D eigenvalue weighted by molar-refractivity contribution is 5.11. The van der Waals surface area contributed by atoms with Gasteiger partial charge in [-0.1, -0.05) is 12.5 Å². The van der Waals surface area contributed by atoms with Gasteiger partial charge in [0.1, 0.15) is 0 Å². The predicted octanol–water partition coefficient (Wildman–Crippen LogP) is 1.86. The average molecular weight is 288 g/mol. The summed E-state index contributed by atoms with van der Waals surface area (Å²) < 4.78 is 0. The summed E-state index contributed by atoms with van der Waals surface area (Å²) in [5, 5.41) is 3.17. The van der Waals surface area contributed by atoms with Crippen LogP contribution in [0.3, 0.4) is 0 Å². The van der Waals surface area contributed by atoms with Crippen LogP contribution in [-0.2, 0) is 13.1 Å². The Balaban J connectivity index is 1.53. The molecule has 116 valence electrons. The maximum Gasteiger partial charge on any atom is 0.0547 e. The Morgan fingerprint density at radius 3 is 2.76 bits per heavy atom. The van der Waals surface area contributed by atoms with Gasteiger partial charge in [0.2, 0.25) is 0 Å². The average Bonchev–Trinajstić information content (AvgIpc) is 2.97. The summed E-state index contributed by atoms with van der Waals surface area (Å²) in [6.45, 7) is 6.92. The van der Waals surface area contributed by atoms with Gasteiger partial charge >= 0.3 is 0 Å². The summed E-state index contributed by atoms with van der Waals surface area (Å²) in [5.41, 5.74) is 2.35. The minimum atomic E-state index is 0.783. The first kappa shape index (κ1) is 14.9. The zero-order chi connectivity index (χ0) is 14.5. The molecule has 2 fully saturated rings. The molecule has 2 aliphatic rings. The SMILES string of the molecule is CNCc1cccc(CN2CCC(N3CCCCC3)C2)n1. The lowest BCUT2D eigenvalue weighted by molar-refractivity contribution is 0.161. The first-order chi connectivity index (χ1) is 10.3. The monoisotopic (exact) mass is 288 g/mol. The Bertz CT molecular complexity index is 442. The van der Waals surface area contributed by atoms with Gasteiger partial charge in [-0.15, -0.1) is 0 Å². The summed E-state index contributed by atoms with van der Waals surface area (Å²) in [6, 6.07) is 7.17. The van der Waals surface area contributed by atoms with E-state index < -0.39 is 0 Å². The van der Waals surface area contributed by atoms with E-state index in [0.29, 0.717) is 0 Å². The molecule has 1 aromatic heterocycles. The molecule has 0 spiro atoms. The Morgan fingerprint density at radius 2 is 1.95 bits per heavy atom. The van der Waals surface area contributed by atoms with E-state index in [1.54, 1.807) is 0 Å². The molecular formula is C17H28N4. The first-order valence-corrected chi connectivity index (χ1v) is 8.41.